The van der Waals surface area contributed by atoms with Crippen molar-refractivity contribution < 1.29 is 4.42 Å². The van der Waals surface area contributed by atoms with Crippen LogP contribution in [0.1, 0.15) is 31.4 Å². The van der Waals surface area contributed by atoms with Gasteiger partial charge in [0.1, 0.15) is 16.5 Å². The second-order valence-electron chi connectivity index (χ2n) is 4.58. The Morgan fingerprint density at radius 1 is 1.47 bits per heavy atom. The van der Waals surface area contributed by atoms with E-state index in [0.29, 0.717) is 12.2 Å². The van der Waals surface area contributed by atoms with Crippen molar-refractivity contribution in [3.63, 3.8) is 0 Å². The predicted octanol–water partition coefficient (Wildman–Crippen LogP) is 2.99. The highest BCUT2D eigenvalue weighted by atomic mass is 35.5. The number of furan rings is 1. The molecular formula is C13H16ClN3O2. The summed E-state index contributed by atoms with van der Waals surface area (Å²) in [4.78, 5) is 12.0. The molecule has 0 radical (unpaired) electrons. The molecule has 0 aliphatic heterocycles. The van der Waals surface area contributed by atoms with E-state index in [1.807, 2.05) is 32.9 Å². The molecule has 102 valence electrons. The Bertz CT molecular complexity index is 631. The van der Waals surface area contributed by atoms with Crippen LogP contribution in [0.5, 0.6) is 0 Å². The van der Waals surface area contributed by atoms with E-state index in [1.54, 1.807) is 6.20 Å². The van der Waals surface area contributed by atoms with Crippen molar-refractivity contribution >= 4 is 17.3 Å². The van der Waals surface area contributed by atoms with Crippen LogP contribution in [-0.2, 0) is 6.54 Å². The van der Waals surface area contributed by atoms with Crippen LogP contribution >= 0.6 is 11.6 Å². The van der Waals surface area contributed by atoms with Crippen LogP contribution in [0.25, 0.3) is 0 Å². The van der Waals surface area contributed by atoms with Gasteiger partial charge in [-0.25, -0.2) is 4.68 Å². The van der Waals surface area contributed by atoms with Crippen LogP contribution in [0.4, 0.5) is 5.69 Å². The number of rotatable bonds is 4. The van der Waals surface area contributed by atoms with Crippen molar-refractivity contribution in [1.82, 2.24) is 9.78 Å². The summed E-state index contributed by atoms with van der Waals surface area (Å²) in [6.45, 7) is 6.09. The topological polar surface area (TPSA) is 60.1 Å². The SMILES string of the molecule is Cc1ccc(CNc2cnn(C(C)C)c(=O)c2Cl)o1. The minimum absolute atomic E-state index is 0.0215. The summed E-state index contributed by atoms with van der Waals surface area (Å²) in [6.07, 6.45) is 1.56. The highest BCUT2D eigenvalue weighted by Crippen LogP contribution is 2.18. The van der Waals surface area contributed by atoms with E-state index in [0.717, 1.165) is 11.5 Å². The number of hydrogen-bond acceptors (Lipinski definition) is 4. The molecule has 0 atom stereocenters. The fraction of sp³-hybridized carbons (Fsp3) is 0.385. The standard InChI is InChI=1S/C13H16ClN3O2/c1-8(2)17-13(18)12(14)11(7-16-17)15-6-10-5-4-9(3)19-10/h4-5,7-8,15H,6H2,1-3H3. The van der Waals surface area contributed by atoms with E-state index in [4.69, 9.17) is 16.0 Å². The van der Waals surface area contributed by atoms with Gasteiger partial charge in [0.15, 0.2) is 0 Å². The summed E-state index contributed by atoms with van der Waals surface area (Å²) >= 11 is 6.05. The lowest BCUT2D eigenvalue weighted by molar-refractivity contribution is 0.489. The highest BCUT2D eigenvalue weighted by molar-refractivity contribution is 6.32. The average molecular weight is 282 g/mol. The van der Waals surface area contributed by atoms with Gasteiger partial charge in [-0.15, -0.1) is 0 Å². The van der Waals surface area contributed by atoms with E-state index < -0.39 is 0 Å². The molecule has 6 heteroatoms. The van der Waals surface area contributed by atoms with Crippen LogP contribution in [0.2, 0.25) is 5.02 Å². The summed E-state index contributed by atoms with van der Waals surface area (Å²) in [6, 6.07) is 3.74. The molecule has 0 aromatic carbocycles. The van der Waals surface area contributed by atoms with Crippen LogP contribution in [0.3, 0.4) is 0 Å². The lowest BCUT2D eigenvalue weighted by atomic mass is 10.3. The van der Waals surface area contributed by atoms with Gasteiger partial charge in [-0.2, -0.15) is 5.10 Å². The first-order valence-corrected chi connectivity index (χ1v) is 6.43. The Balaban J connectivity index is 2.18. The van der Waals surface area contributed by atoms with Crippen LogP contribution in [-0.4, -0.2) is 9.78 Å². The number of nitrogens with zero attached hydrogens (tertiary/aromatic N) is 2. The quantitative estimate of drug-likeness (QED) is 0.936. The average Bonchev–Trinajstić information content (AvgIpc) is 2.76. The molecule has 0 saturated carbocycles. The Kier molecular flexibility index (Phi) is 3.95. The fourth-order valence-electron chi connectivity index (χ4n) is 1.70. The van der Waals surface area contributed by atoms with Gasteiger partial charge in [0.05, 0.1) is 24.5 Å². The third-order valence-electron chi connectivity index (χ3n) is 2.68. The molecule has 0 unspecified atom stereocenters. The Morgan fingerprint density at radius 3 is 2.79 bits per heavy atom. The van der Waals surface area contributed by atoms with E-state index in [2.05, 4.69) is 10.4 Å². The molecule has 1 N–H and O–H groups in total. The molecular weight excluding hydrogens is 266 g/mol. The molecule has 0 saturated heterocycles. The van der Waals surface area contributed by atoms with Gasteiger partial charge in [0, 0.05) is 0 Å². The number of halogens is 1. The maximum atomic E-state index is 12.0. The molecule has 0 aliphatic rings. The molecule has 19 heavy (non-hydrogen) atoms. The summed E-state index contributed by atoms with van der Waals surface area (Å²) in [5.74, 6) is 1.62. The summed E-state index contributed by atoms with van der Waals surface area (Å²) in [5, 5.41) is 7.28. The van der Waals surface area contributed by atoms with Crippen molar-refractivity contribution in [1.29, 1.82) is 0 Å². The van der Waals surface area contributed by atoms with E-state index in [9.17, 15) is 4.79 Å². The number of aryl methyl sites for hydroxylation is 1. The number of nitrogens with one attached hydrogen (secondary N) is 1. The minimum atomic E-state index is -0.294. The molecule has 0 bridgehead atoms. The van der Waals surface area contributed by atoms with E-state index in [-0.39, 0.29) is 16.6 Å². The predicted molar refractivity (Wildman–Crippen MR) is 74.7 cm³/mol. The van der Waals surface area contributed by atoms with Crippen LogP contribution in [0, 0.1) is 6.92 Å². The monoisotopic (exact) mass is 281 g/mol. The first-order chi connectivity index (χ1) is 8.99. The summed E-state index contributed by atoms with van der Waals surface area (Å²) in [5.41, 5.74) is 0.218. The lowest BCUT2D eigenvalue weighted by Gasteiger charge is -2.11. The molecule has 0 amide bonds. The fourth-order valence-corrected chi connectivity index (χ4v) is 1.90. The first-order valence-electron chi connectivity index (χ1n) is 6.05. The van der Waals surface area contributed by atoms with Crippen LogP contribution < -0.4 is 10.9 Å². The Hall–Kier alpha value is -1.75. The molecule has 2 aromatic rings. The lowest BCUT2D eigenvalue weighted by Crippen LogP contribution is -2.25. The number of hydrogen-bond donors (Lipinski definition) is 1. The zero-order valence-corrected chi connectivity index (χ0v) is 11.9. The van der Waals surface area contributed by atoms with Gasteiger partial charge in [-0.05, 0) is 32.9 Å². The summed E-state index contributed by atoms with van der Waals surface area (Å²) in [7, 11) is 0. The molecule has 2 rings (SSSR count). The number of anilines is 1. The van der Waals surface area contributed by atoms with Gasteiger partial charge < -0.3 is 9.73 Å². The Morgan fingerprint density at radius 2 is 2.21 bits per heavy atom. The third-order valence-corrected chi connectivity index (χ3v) is 3.05. The Labute approximate surface area is 116 Å². The van der Waals surface area contributed by atoms with Crippen molar-refractivity contribution in [3.05, 3.63) is 45.2 Å². The minimum Gasteiger partial charge on any atom is -0.465 e. The first kappa shape index (κ1) is 13.7. The molecule has 0 aliphatic carbocycles. The van der Waals surface area contributed by atoms with E-state index in [1.165, 1.54) is 4.68 Å². The smallest absolute Gasteiger partial charge is 0.287 e. The largest absolute Gasteiger partial charge is 0.465 e. The number of aromatic nitrogens is 2. The molecule has 2 heterocycles. The van der Waals surface area contributed by atoms with Gasteiger partial charge in [-0.1, -0.05) is 11.6 Å². The molecule has 0 fully saturated rings. The molecule has 2 aromatic heterocycles. The van der Waals surface area contributed by atoms with Crippen LogP contribution in [0.15, 0.2) is 27.5 Å². The highest BCUT2D eigenvalue weighted by Gasteiger charge is 2.11. The zero-order valence-electron chi connectivity index (χ0n) is 11.1. The zero-order chi connectivity index (χ0) is 14.0. The second kappa shape index (κ2) is 5.48. The normalized spacial score (nSPS) is 11.0. The summed E-state index contributed by atoms with van der Waals surface area (Å²) < 4.78 is 6.78. The van der Waals surface area contributed by atoms with Gasteiger partial charge in [0.2, 0.25) is 0 Å². The van der Waals surface area contributed by atoms with Gasteiger partial charge in [0.25, 0.3) is 5.56 Å². The third kappa shape index (κ3) is 2.98. The van der Waals surface area contributed by atoms with Crippen molar-refractivity contribution in [2.24, 2.45) is 0 Å². The van der Waals surface area contributed by atoms with Crippen molar-refractivity contribution in [3.8, 4) is 0 Å². The van der Waals surface area contributed by atoms with E-state index >= 15 is 0 Å². The maximum absolute atomic E-state index is 12.0. The van der Waals surface area contributed by atoms with Crippen molar-refractivity contribution in [2.75, 3.05) is 5.32 Å². The molecule has 5 nitrogen and oxygen atoms in total. The van der Waals surface area contributed by atoms with Crippen molar-refractivity contribution in [2.45, 2.75) is 33.4 Å². The second-order valence-corrected chi connectivity index (χ2v) is 4.96. The molecule has 0 spiro atoms. The van der Waals surface area contributed by atoms with Gasteiger partial charge >= 0.3 is 0 Å². The maximum Gasteiger partial charge on any atom is 0.287 e. The van der Waals surface area contributed by atoms with Gasteiger partial charge in [-0.3, -0.25) is 4.79 Å².